The molecule has 1 saturated heterocycles. The average molecular weight is 301 g/mol. The second kappa shape index (κ2) is 6.49. The Balaban J connectivity index is 1.99. The van der Waals surface area contributed by atoms with Crippen LogP contribution in [0.2, 0.25) is 10.0 Å². The predicted octanol–water partition coefficient (Wildman–Crippen LogP) is 3.81. The van der Waals surface area contributed by atoms with Crippen LogP contribution in [-0.4, -0.2) is 29.9 Å². The first kappa shape index (κ1) is 14.5. The quantitative estimate of drug-likeness (QED) is 0.921. The molecule has 2 rings (SSSR count). The zero-order valence-corrected chi connectivity index (χ0v) is 12.5. The normalized spacial score (nSPS) is 17.1. The lowest BCUT2D eigenvalue weighted by Gasteiger charge is -2.29. The molecule has 1 aromatic rings. The average Bonchev–Trinajstić information content (AvgIpc) is 2.37. The Morgan fingerprint density at radius 2 is 1.74 bits per heavy atom. The Bertz CT molecular complexity index is 439. The molecule has 1 unspecified atom stereocenters. The molecular formula is C14H18Cl2N2O. The Morgan fingerprint density at radius 1 is 1.16 bits per heavy atom. The topological polar surface area (TPSA) is 32.3 Å². The summed E-state index contributed by atoms with van der Waals surface area (Å²) < 4.78 is 0. The lowest BCUT2D eigenvalue weighted by atomic mass is 10.1. The number of hydrogen-bond acceptors (Lipinski definition) is 2. The maximum atomic E-state index is 12.3. The maximum absolute atomic E-state index is 12.3. The molecule has 0 aliphatic carbocycles. The second-order valence-corrected chi connectivity index (χ2v) is 5.78. The number of anilines is 1. The Morgan fingerprint density at radius 3 is 2.32 bits per heavy atom. The van der Waals surface area contributed by atoms with E-state index in [2.05, 4.69) is 5.32 Å². The molecule has 1 aliphatic heterocycles. The van der Waals surface area contributed by atoms with Crippen LogP contribution in [0.4, 0.5) is 5.69 Å². The molecule has 0 radical (unpaired) electrons. The molecular weight excluding hydrogens is 283 g/mol. The molecule has 104 valence electrons. The molecule has 1 fully saturated rings. The monoisotopic (exact) mass is 300 g/mol. The van der Waals surface area contributed by atoms with Gasteiger partial charge in [-0.3, -0.25) is 4.79 Å². The minimum absolute atomic E-state index is 0.135. The zero-order chi connectivity index (χ0) is 13.8. The molecule has 0 aromatic heterocycles. The third-order valence-corrected chi connectivity index (χ3v) is 3.72. The number of halogens is 2. The van der Waals surface area contributed by atoms with E-state index in [1.165, 1.54) is 6.42 Å². The van der Waals surface area contributed by atoms with Crippen molar-refractivity contribution in [3.05, 3.63) is 28.2 Å². The summed E-state index contributed by atoms with van der Waals surface area (Å²) in [5.74, 6) is 0.135. The van der Waals surface area contributed by atoms with Crippen molar-refractivity contribution in [1.29, 1.82) is 0 Å². The van der Waals surface area contributed by atoms with Crippen LogP contribution >= 0.6 is 23.2 Å². The van der Waals surface area contributed by atoms with Crippen LogP contribution < -0.4 is 5.32 Å². The number of rotatable bonds is 3. The summed E-state index contributed by atoms with van der Waals surface area (Å²) in [5, 5.41) is 4.29. The lowest BCUT2D eigenvalue weighted by Crippen LogP contribution is -2.43. The molecule has 1 aromatic carbocycles. The van der Waals surface area contributed by atoms with Gasteiger partial charge in [-0.2, -0.15) is 0 Å². The SMILES string of the molecule is CC(Nc1cc(Cl)cc(Cl)c1)C(=O)N1CCCCC1. The van der Waals surface area contributed by atoms with E-state index in [4.69, 9.17) is 23.2 Å². The molecule has 1 heterocycles. The van der Waals surface area contributed by atoms with Crippen LogP contribution in [-0.2, 0) is 4.79 Å². The van der Waals surface area contributed by atoms with Gasteiger partial charge in [0.25, 0.3) is 0 Å². The Hall–Kier alpha value is -0.930. The van der Waals surface area contributed by atoms with Gasteiger partial charge in [0.2, 0.25) is 5.91 Å². The summed E-state index contributed by atoms with van der Waals surface area (Å²) in [6.45, 7) is 3.59. The molecule has 1 N–H and O–H groups in total. The number of likely N-dealkylation sites (tertiary alicyclic amines) is 1. The van der Waals surface area contributed by atoms with E-state index in [1.54, 1.807) is 18.2 Å². The summed E-state index contributed by atoms with van der Waals surface area (Å²) in [4.78, 5) is 14.2. The van der Waals surface area contributed by atoms with Crippen molar-refractivity contribution in [1.82, 2.24) is 4.90 Å². The first-order valence-corrected chi connectivity index (χ1v) is 7.33. The van der Waals surface area contributed by atoms with Crippen LogP contribution in [0.5, 0.6) is 0 Å². The third kappa shape index (κ3) is 4.02. The van der Waals surface area contributed by atoms with E-state index < -0.39 is 0 Å². The van der Waals surface area contributed by atoms with Crippen molar-refractivity contribution in [2.75, 3.05) is 18.4 Å². The van der Waals surface area contributed by atoms with E-state index >= 15 is 0 Å². The van der Waals surface area contributed by atoms with Gasteiger partial charge in [0, 0.05) is 28.8 Å². The molecule has 1 aliphatic rings. The molecule has 1 atom stereocenters. The maximum Gasteiger partial charge on any atom is 0.244 e. The highest BCUT2D eigenvalue weighted by atomic mass is 35.5. The lowest BCUT2D eigenvalue weighted by molar-refractivity contribution is -0.132. The van der Waals surface area contributed by atoms with Crippen molar-refractivity contribution in [2.24, 2.45) is 0 Å². The smallest absolute Gasteiger partial charge is 0.244 e. The van der Waals surface area contributed by atoms with Crippen LogP contribution in [0.3, 0.4) is 0 Å². The summed E-state index contributed by atoms with van der Waals surface area (Å²) >= 11 is 11.9. The van der Waals surface area contributed by atoms with Gasteiger partial charge in [0.05, 0.1) is 0 Å². The van der Waals surface area contributed by atoms with Crippen molar-refractivity contribution >= 4 is 34.8 Å². The Kier molecular flexibility index (Phi) is 4.94. The number of nitrogens with one attached hydrogen (secondary N) is 1. The van der Waals surface area contributed by atoms with Gasteiger partial charge in [-0.15, -0.1) is 0 Å². The summed E-state index contributed by atoms with van der Waals surface area (Å²) in [6.07, 6.45) is 3.42. The summed E-state index contributed by atoms with van der Waals surface area (Å²) in [6, 6.07) is 4.94. The highest BCUT2D eigenvalue weighted by molar-refractivity contribution is 6.35. The fourth-order valence-corrected chi connectivity index (χ4v) is 2.86. The number of amides is 1. The number of nitrogens with zero attached hydrogens (tertiary/aromatic N) is 1. The summed E-state index contributed by atoms with van der Waals surface area (Å²) in [5.41, 5.74) is 0.773. The number of benzene rings is 1. The molecule has 0 bridgehead atoms. The number of hydrogen-bond donors (Lipinski definition) is 1. The highest BCUT2D eigenvalue weighted by Crippen LogP contribution is 2.23. The third-order valence-electron chi connectivity index (χ3n) is 3.28. The van der Waals surface area contributed by atoms with Crippen LogP contribution in [0, 0.1) is 0 Å². The minimum Gasteiger partial charge on any atom is -0.374 e. The van der Waals surface area contributed by atoms with Crippen molar-refractivity contribution in [2.45, 2.75) is 32.2 Å². The van der Waals surface area contributed by atoms with Gasteiger partial charge in [0.15, 0.2) is 0 Å². The standard InChI is InChI=1S/C14H18Cl2N2O/c1-10(14(19)18-5-3-2-4-6-18)17-13-8-11(15)7-12(16)9-13/h7-10,17H,2-6H2,1H3. The van der Waals surface area contributed by atoms with Crippen LogP contribution in [0.15, 0.2) is 18.2 Å². The van der Waals surface area contributed by atoms with E-state index in [0.29, 0.717) is 10.0 Å². The number of piperidine rings is 1. The second-order valence-electron chi connectivity index (χ2n) is 4.91. The van der Waals surface area contributed by atoms with Crippen LogP contribution in [0.1, 0.15) is 26.2 Å². The zero-order valence-electron chi connectivity index (χ0n) is 11.0. The molecule has 5 heteroatoms. The van der Waals surface area contributed by atoms with Gasteiger partial charge in [-0.25, -0.2) is 0 Å². The first-order valence-electron chi connectivity index (χ1n) is 6.57. The first-order chi connectivity index (χ1) is 9.06. The van der Waals surface area contributed by atoms with Crippen LogP contribution in [0.25, 0.3) is 0 Å². The molecule has 19 heavy (non-hydrogen) atoms. The predicted molar refractivity (Wildman–Crippen MR) is 80.0 cm³/mol. The fourth-order valence-electron chi connectivity index (χ4n) is 2.34. The number of carbonyl (C=O) groups is 1. The van der Waals surface area contributed by atoms with Gasteiger partial charge < -0.3 is 10.2 Å². The van der Waals surface area contributed by atoms with E-state index in [-0.39, 0.29) is 11.9 Å². The minimum atomic E-state index is -0.271. The highest BCUT2D eigenvalue weighted by Gasteiger charge is 2.21. The van der Waals surface area contributed by atoms with E-state index in [9.17, 15) is 4.79 Å². The van der Waals surface area contributed by atoms with Gasteiger partial charge in [-0.05, 0) is 44.4 Å². The molecule has 0 saturated carbocycles. The van der Waals surface area contributed by atoms with Crippen molar-refractivity contribution in [3.63, 3.8) is 0 Å². The largest absolute Gasteiger partial charge is 0.374 e. The van der Waals surface area contributed by atoms with Gasteiger partial charge >= 0.3 is 0 Å². The molecule has 0 spiro atoms. The van der Waals surface area contributed by atoms with Crippen molar-refractivity contribution < 1.29 is 4.79 Å². The number of carbonyl (C=O) groups excluding carboxylic acids is 1. The van der Waals surface area contributed by atoms with Crippen molar-refractivity contribution in [3.8, 4) is 0 Å². The molecule has 1 amide bonds. The van der Waals surface area contributed by atoms with Gasteiger partial charge in [0.1, 0.15) is 6.04 Å². The fraction of sp³-hybridized carbons (Fsp3) is 0.500. The van der Waals surface area contributed by atoms with Gasteiger partial charge in [-0.1, -0.05) is 23.2 Å². The van der Waals surface area contributed by atoms with E-state index in [0.717, 1.165) is 31.6 Å². The van der Waals surface area contributed by atoms with E-state index in [1.807, 2.05) is 11.8 Å². The molecule has 3 nitrogen and oxygen atoms in total. The summed E-state index contributed by atoms with van der Waals surface area (Å²) in [7, 11) is 0. The Labute approximate surface area is 123 Å².